The maximum atomic E-state index is 13.1. The second-order valence-corrected chi connectivity index (χ2v) is 9.33. The molecule has 168 valence electrons. The number of rotatable bonds is 7. The van der Waals surface area contributed by atoms with Gasteiger partial charge >= 0.3 is 0 Å². The number of sulfonamides is 1. The van der Waals surface area contributed by atoms with Crippen LogP contribution in [-0.2, 0) is 10.0 Å². The Morgan fingerprint density at radius 3 is 2.31 bits per heavy atom. The number of carbonyl (C=O) groups is 1. The summed E-state index contributed by atoms with van der Waals surface area (Å²) in [6, 6.07) is 15.8. The minimum Gasteiger partial charge on any atom is -0.497 e. The predicted molar refractivity (Wildman–Crippen MR) is 126 cm³/mol. The quantitative estimate of drug-likeness (QED) is 0.534. The molecule has 0 aliphatic rings. The fraction of sp³-hybridized carbons (Fsp3) is 0.174. The topological polar surface area (TPSA) is 84.9 Å². The van der Waals surface area contributed by atoms with E-state index in [4.69, 9.17) is 21.1 Å². The van der Waals surface area contributed by atoms with Crippen molar-refractivity contribution >= 4 is 38.9 Å². The van der Waals surface area contributed by atoms with Crippen LogP contribution < -0.4 is 19.1 Å². The van der Waals surface area contributed by atoms with Crippen LogP contribution in [-0.4, -0.2) is 35.6 Å². The van der Waals surface area contributed by atoms with Gasteiger partial charge in [-0.1, -0.05) is 17.7 Å². The number of halogens is 1. The molecule has 9 heteroatoms. The van der Waals surface area contributed by atoms with E-state index >= 15 is 0 Å². The van der Waals surface area contributed by atoms with Crippen LogP contribution in [0.5, 0.6) is 11.5 Å². The molecule has 32 heavy (non-hydrogen) atoms. The van der Waals surface area contributed by atoms with E-state index in [2.05, 4.69) is 5.32 Å². The average Bonchev–Trinajstić information content (AvgIpc) is 2.80. The largest absolute Gasteiger partial charge is 0.497 e. The van der Waals surface area contributed by atoms with Gasteiger partial charge in [0.15, 0.2) is 0 Å². The molecule has 7 nitrogen and oxygen atoms in total. The van der Waals surface area contributed by atoms with Crippen molar-refractivity contribution in [2.45, 2.75) is 11.8 Å². The van der Waals surface area contributed by atoms with Gasteiger partial charge < -0.3 is 14.8 Å². The highest BCUT2D eigenvalue weighted by Crippen LogP contribution is 2.31. The van der Waals surface area contributed by atoms with Gasteiger partial charge in [0.05, 0.1) is 30.5 Å². The maximum Gasteiger partial charge on any atom is 0.264 e. The van der Waals surface area contributed by atoms with E-state index < -0.39 is 15.9 Å². The average molecular weight is 475 g/mol. The number of aryl methyl sites for hydroxylation is 1. The van der Waals surface area contributed by atoms with Crippen LogP contribution in [0.25, 0.3) is 0 Å². The van der Waals surface area contributed by atoms with Crippen LogP contribution in [0.2, 0.25) is 5.02 Å². The molecule has 3 aromatic rings. The van der Waals surface area contributed by atoms with Crippen LogP contribution in [0.4, 0.5) is 11.4 Å². The second kappa shape index (κ2) is 9.50. The predicted octanol–water partition coefficient (Wildman–Crippen LogP) is 4.74. The van der Waals surface area contributed by atoms with Crippen molar-refractivity contribution in [3.05, 3.63) is 76.8 Å². The number of amides is 1. The van der Waals surface area contributed by atoms with Gasteiger partial charge in [-0.3, -0.25) is 9.10 Å². The number of hydrogen-bond donors (Lipinski definition) is 1. The number of benzene rings is 3. The van der Waals surface area contributed by atoms with Gasteiger partial charge in [-0.2, -0.15) is 0 Å². The van der Waals surface area contributed by atoms with Gasteiger partial charge in [-0.25, -0.2) is 8.42 Å². The molecule has 0 saturated carbocycles. The van der Waals surface area contributed by atoms with Crippen LogP contribution >= 0.6 is 11.6 Å². The first-order valence-corrected chi connectivity index (χ1v) is 11.4. The Balaban J connectivity index is 1.88. The van der Waals surface area contributed by atoms with Crippen molar-refractivity contribution in [3.8, 4) is 11.5 Å². The summed E-state index contributed by atoms with van der Waals surface area (Å²) < 4.78 is 37.8. The molecule has 0 unspecified atom stereocenters. The van der Waals surface area contributed by atoms with Crippen LogP contribution in [0.3, 0.4) is 0 Å². The lowest BCUT2D eigenvalue weighted by Crippen LogP contribution is -2.26. The van der Waals surface area contributed by atoms with Crippen LogP contribution in [0.1, 0.15) is 15.9 Å². The van der Waals surface area contributed by atoms with E-state index in [9.17, 15) is 13.2 Å². The zero-order chi connectivity index (χ0) is 23.5. The molecule has 0 spiro atoms. The molecule has 0 bridgehead atoms. The van der Waals surface area contributed by atoms with Gasteiger partial charge in [-0.15, -0.1) is 0 Å². The smallest absolute Gasteiger partial charge is 0.264 e. The van der Waals surface area contributed by atoms with E-state index in [-0.39, 0.29) is 10.5 Å². The van der Waals surface area contributed by atoms with Crippen molar-refractivity contribution in [2.75, 3.05) is 30.9 Å². The van der Waals surface area contributed by atoms with Crippen molar-refractivity contribution in [3.63, 3.8) is 0 Å². The first kappa shape index (κ1) is 23.4. The molecule has 0 fully saturated rings. The van der Waals surface area contributed by atoms with E-state index in [1.807, 2.05) is 0 Å². The molecule has 0 aromatic heterocycles. The molecule has 0 saturated heterocycles. The fourth-order valence-corrected chi connectivity index (χ4v) is 4.41. The molecule has 3 aromatic carbocycles. The summed E-state index contributed by atoms with van der Waals surface area (Å²) in [5.41, 5.74) is 1.84. The lowest BCUT2D eigenvalue weighted by Gasteiger charge is -2.20. The second-order valence-electron chi connectivity index (χ2n) is 6.95. The molecular weight excluding hydrogens is 452 g/mol. The number of anilines is 2. The first-order chi connectivity index (χ1) is 15.2. The van der Waals surface area contributed by atoms with Crippen LogP contribution in [0.15, 0.2) is 65.6 Å². The number of carbonyl (C=O) groups excluding carboxylic acids is 1. The third-order valence-electron chi connectivity index (χ3n) is 4.92. The third-order valence-corrected chi connectivity index (χ3v) is 7.11. The highest BCUT2D eigenvalue weighted by atomic mass is 35.5. The molecule has 1 amide bonds. The molecule has 1 N–H and O–H groups in total. The van der Waals surface area contributed by atoms with E-state index in [1.54, 1.807) is 43.3 Å². The Morgan fingerprint density at radius 1 is 1.00 bits per heavy atom. The van der Waals surface area contributed by atoms with Gasteiger partial charge in [-0.05, 0) is 61.0 Å². The minimum atomic E-state index is -3.90. The zero-order valence-corrected chi connectivity index (χ0v) is 19.6. The Morgan fingerprint density at radius 2 is 1.69 bits per heavy atom. The monoisotopic (exact) mass is 474 g/mol. The number of nitrogens with zero attached hydrogens (tertiary/aromatic N) is 1. The molecule has 0 heterocycles. The van der Waals surface area contributed by atoms with Crippen LogP contribution in [0, 0.1) is 6.92 Å². The molecular formula is C23H23ClN2O5S. The Bertz CT molecular complexity index is 1240. The highest BCUT2D eigenvalue weighted by molar-refractivity contribution is 7.92. The lowest BCUT2D eigenvalue weighted by molar-refractivity contribution is 0.102. The summed E-state index contributed by atoms with van der Waals surface area (Å²) in [7, 11) is 0.560. The summed E-state index contributed by atoms with van der Waals surface area (Å²) in [6.07, 6.45) is 0. The highest BCUT2D eigenvalue weighted by Gasteiger charge is 2.23. The lowest BCUT2D eigenvalue weighted by atomic mass is 10.1. The van der Waals surface area contributed by atoms with E-state index in [0.717, 1.165) is 9.87 Å². The number of nitrogens with one attached hydrogen (secondary N) is 1. The zero-order valence-electron chi connectivity index (χ0n) is 18.0. The summed E-state index contributed by atoms with van der Waals surface area (Å²) >= 11 is 6.12. The van der Waals surface area contributed by atoms with Gasteiger partial charge in [0, 0.05) is 23.7 Å². The first-order valence-electron chi connectivity index (χ1n) is 9.56. The SMILES string of the molecule is COc1ccc(N(C)S(=O)(=O)c2cccc(C(=O)Nc3cc(C)c(Cl)cc3OC)c2)cc1. The normalized spacial score (nSPS) is 11.0. The molecule has 0 atom stereocenters. The number of methoxy groups -OCH3 is 2. The molecule has 0 aliphatic carbocycles. The molecule has 0 radical (unpaired) electrons. The van der Waals surface area contributed by atoms with Crippen molar-refractivity contribution in [1.29, 1.82) is 0 Å². The summed E-state index contributed by atoms with van der Waals surface area (Å²) in [5, 5.41) is 3.26. The molecule has 0 aliphatic heterocycles. The Hall–Kier alpha value is -3.23. The van der Waals surface area contributed by atoms with Gasteiger partial charge in [0.1, 0.15) is 11.5 Å². The molecule has 3 rings (SSSR count). The minimum absolute atomic E-state index is 0.0114. The van der Waals surface area contributed by atoms with E-state index in [1.165, 1.54) is 45.5 Å². The fourth-order valence-electron chi connectivity index (χ4n) is 3.01. The third kappa shape index (κ3) is 4.81. The Labute approximate surface area is 192 Å². The maximum absolute atomic E-state index is 13.1. The van der Waals surface area contributed by atoms with E-state index in [0.29, 0.717) is 27.9 Å². The summed E-state index contributed by atoms with van der Waals surface area (Å²) in [6.45, 7) is 1.81. The van der Waals surface area contributed by atoms with Crippen molar-refractivity contribution in [2.24, 2.45) is 0 Å². The standard InChI is InChI=1S/C23H23ClN2O5S/c1-15-12-21(22(31-4)14-20(15)24)25-23(27)16-6-5-7-19(13-16)32(28,29)26(2)17-8-10-18(30-3)11-9-17/h5-14H,1-4H3,(H,25,27). The van der Waals surface area contributed by atoms with Gasteiger partial charge in [0.2, 0.25) is 0 Å². The summed E-state index contributed by atoms with van der Waals surface area (Å²) in [4.78, 5) is 12.8. The number of hydrogen-bond acceptors (Lipinski definition) is 5. The van der Waals surface area contributed by atoms with Crippen molar-refractivity contribution in [1.82, 2.24) is 0 Å². The van der Waals surface area contributed by atoms with Gasteiger partial charge in [0.25, 0.3) is 15.9 Å². The summed E-state index contributed by atoms with van der Waals surface area (Å²) in [5.74, 6) is 0.539. The van der Waals surface area contributed by atoms with Crippen molar-refractivity contribution < 1.29 is 22.7 Å². The Kier molecular flexibility index (Phi) is 6.96. The number of ether oxygens (including phenoxy) is 2.